The lowest BCUT2D eigenvalue weighted by molar-refractivity contribution is -0.136. The van der Waals surface area contributed by atoms with E-state index in [1.165, 1.54) is 6.20 Å². The molecule has 0 bridgehead atoms. The Kier molecular flexibility index (Phi) is 5.75. The first-order valence-corrected chi connectivity index (χ1v) is 6.14. The van der Waals surface area contributed by atoms with E-state index < -0.39 is 5.97 Å². The van der Waals surface area contributed by atoms with Crippen LogP contribution in [0.4, 0.5) is 0 Å². The van der Waals surface area contributed by atoms with Gasteiger partial charge < -0.3 is 10.2 Å². The average molecular weight is 262 g/mol. The minimum absolute atomic E-state index is 0.0307. The van der Waals surface area contributed by atoms with Crippen LogP contribution in [0.15, 0.2) is 36.7 Å². The molecule has 0 fully saturated rings. The van der Waals surface area contributed by atoms with Crippen molar-refractivity contribution in [1.82, 2.24) is 9.78 Å². The van der Waals surface area contributed by atoms with Crippen LogP contribution in [-0.2, 0) is 17.8 Å². The van der Waals surface area contributed by atoms with Gasteiger partial charge in [0, 0.05) is 11.8 Å². The Morgan fingerprint density at radius 2 is 2.05 bits per heavy atom. The van der Waals surface area contributed by atoms with Gasteiger partial charge in [-0.25, -0.2) is 4.68 Å². The zero-order valence-electron chi connectivity index (χ0n) is 11.1. The Morgan fingerprint density at radius 3 is 2.68 bits per heavy atom. The minimum atomic E-state index is -0.881. The molecule has 2 rings (SSSR count). The highest BCUT2D eigenvalue weighted by Crippen LogP contribution is 2.11. The third-order valence-electron chi connectivity index (χ3n) is 2.35. The topological polar surface area (TPSA) is 75.3 Å². The van der Waals surface area contributed by atoms with Crippen molar-refractivity contribution in [2.75, 3.05) is 0 Å². The van der Waals surface area contributed by atoms with E-state index in [4.69, 9.17) is 10.2 Å². The molecular weight excluding hydrogens is 244 g/mol. The number of nitrogens with zero attached hydrogens (tertiary/aromatic N) is 2. The molecule has 0 aliphatic heterocycles. The van der Waals surface area contributed by atoms with Crippen molar-refractivity contribution in [3.05, 3.63) is 47.8 Å². The Balaban J connectivity index is 0.000000861. The Labute approximate surface area is 112 Å². The Hall–Kier alpha value is -2.14. The average Bonchev–Trinajstić information content (AvgIpc) is 2.89. The second-order valence-corrected chi connectivity index (χ2v) is 3.69. The SMILES string of the molecule is CC.O=C(O)Cc1cnn(-c2cccc(CO)c2)c1. The molecule has 0 radical (unpaired) electrons. The van der Waals surface area contributed by atoms with Gasteiger partial charge in [0.25, 0.3) is 0 Å². The molecule has 5 nitrogen and oxygen atoms in total. The van der Waals surface area contributed by atoms with E-state index in [-0.39, 0.29) is 13.0 Å². The number of aliphatic hydroxyl groups is 1. The molecular formula is C14H18N2O3. The molecule has 0 saturated heterocycles. The van der Waals surface area contributed by atoms with E-state index in [0.29, 0.717) is 5.56 Å². The quantitative estimate of drug-likeness (QED) is 0.884. The first-order chi connectivity index (χ1) is 9.19. The van der Waals surface area contributed by atoms with Gasteiger partial charge in [-0.15, -0.1) is 0 Å². The van der Waals surface area contributed by atoms with Gasteiger partial charge >= 0.3 is 5.97 Å². The second-order valence-electron chi connectivity index (χ2n) is 3.69. The maximum Gasteiger partial charge on any atom is 0.307 e. The van der Waals surface area contributed by atoms with Gasteiger partial charge in [-0.2, -0.15) is 5.10 Å². The van der Waals surface area contributed by atoms with Gasteiger partial charge in [0.2, 0.25) is 0 Å². The lowest BCUT2D eigenvalue weighted by atomic mass is 10.2. The van der Waals surface area contributed by atoms with Gasteiger partial charge in [0.15, 0.2) is 0 Å². The third kappa shape index (κ3) is 4.22. The number of carbonyl (C=O) groups is 1. The lowest BCUT2D eigenvalue weighted by Gasteiger charge is -2.02. The number of aliphatic carboxylic acids is 1. The number of hydrogen-bond acceptors (Lipinski definition) is 3. The van der Waals surface area contributed by atoms with Gasteiger partial charge in [0.1, 0.15) is 0 Å². The normalized spacial score (nSPS) is 9.63. The van der Waals surface area contributed by atoms with Crippen molar-refractivity contribution in [3.8, 4) is 5.69 Å². The van der Waals surface area contributed by atoms with Crippen molar-refractivity contribution in [3.63, 3.8) is 0 Å². The van der Waals surface area contributed by atoms with Crippen molar-refractivity contribution >= 4 is 5.97 Å². The Morgan fingerprint density at radius 1 is 1.32 bits per heavy atom. The molecule has 0 atom stereocenters. The first kappa shape index (κ1) is 14.9. The summed E-state index contributed by atoms with van der Waals surface area (Å²) in [5, 5.41) is 21.8. The van der Waals surface area contributed by atoms with E-state index in [0.717, 1.165) is 11.3 Å². The molecule has 2 N–H and O–H groups in total. The molecule has 5 heteroatoms. The highest BCUT2D eigenvalue weighted by Gasteiger charge is 2.05. The van der Waals surface area contributed by atoms with Crippen molar-refractivity contribution in [1.29, 1.82) is 0 Å². The summed E-state index contributed by atoms with van der Waals surface area (Å²) in [5.74, 6) is -0.881. The fourth-order valence-corrected chi connectivity index (χ4v) is 1.56. The van der Waals surface area contributed by atoms with E-state index in [2.05, 4.69) is 5.10 Å². The summed E-state index contributed by atoms with van der Waals surface area (Å²) < 4.78 is 1.59. The summed E-state index contributed by atoms with van der Waals surface area (Å²) in [6.45, 7) is 3.97. The van der Waals surface area contributed by atoms with Gasteiger partial charge in [-0.05, 0) is 17.7 Å². The first-order valence-electron chi connectivity index (χ1n) is 6.14. The minimum Gasteiger partial charge on any atom is -0.481 e. The number of carboxylic acid groups (broad SMARTS) is 1. The summed E-state index contributed by atoms with van der Waals surface area (Å²) in [6, 6.07) is 7.28. The number of rotatable bonds is 4. The summed E-state index contributed by atoms with van der Waals surface area (Å²) in [7, 11) is 0. The van der Waals surface area contributed by atoms with Crippen LogP contribution in [0, 0.1) is 0 Å². The third-order valence-corrected chi connectivity index (χ3v) is 2.35. The number of carboxylic acids is 1. The number of aliphatic hydroxyl groups excluding tert-OH is 1. The van der Waals surface area contributed by atoms with Crippen LogP contribution >= 0.6 is 0 Å². The van der Waals surface area contributed by atoms with E-state index in [1.54, 1.807) is 16.9 Å². The van der Waals surface area contributed by atoms with E-state index in [9.17, 15) is 4.79 Å². The molecule has 0 saturated carbocycles. The summed E-state index contributed by atoms with van der Waals surface area (Å²) >= 11 is 0. The van der Waals surface area contributed by atoms with Crippen molar-refractivity contribution in [2.24, 2.45) is 0 Å². The van der Waals surface area contributed by atoms with E-state index >= 15 is 0 Å². The zero-order valence-corrected chi connectivity index (χ0v) is 11.1. The largest absolute Gasteiger partial charge is 0.481 e. The maximum atomic E-state index is 10.5. The molecule has 1 aromatic heterocycles. The lowest BCUT2D eigenvalue weighted by Crippen LogP contribution is -1.99. The molecule has 0 aliphatic rings. The van der Waals surface area contributed by atoms with Crippen LogP contribution in [-0.4, -0.2) is 26.0 Å². The molecule has 0 amide bonds. The van der Waals surface area contributed by atoms with E-state index in [1.807, 2.05) is 32.0 Å². The summed E-state index contributed by atoms with van der Waals surface area (Å²) in [5.41, 5.74) is 2.23. The number of aromatic nitrogens is 2. The smallest absolute Gasteiger partial charge is 0.307 e. The molecule has 19 heavy (non-hydrogen) atoms. The fraction of sp³-hybridized carbons (Fsp3) is 0.286. The van der Waals surface area contributed by atoms with Crippen LogP contribution in [0.1, 0.15) is 25.0 Å². The van der Waals surface area contributed by atoms with Crippen LogP contribution in [0.5, 0.6) is 0 Å². The maximum absolute atomic E-state index is 10.5. The highest BCUT2D eigenvalue weighted by atomic mass is 16.4. The van der Waals surface area contributed by atoms with Crippen LogP contribution in [0.2, 0.25) is 0 Å². The molecule has 2 aromatic rings. The standard InChI is InChI=1S/C12H12N2O3.C2H6/c15-8-9-2-1-3-11(4-9)14-7-10(6-13-14)5-12(16)17;1-2/h1-4,6-7,15H,5,8H2,(H,16,17);1-2H3. The summed E-state index contributed by atoms with van der Waals surface area (Å²) in [4.78, 5) is 10.5. The fourth-order valence-electron chi connectivity index (χ4n) is 1.56. The molecule has 0 aliphatic carbocycles. The number of benzene rings is 1. The predicted molar refractivity (Wildman–Crippen MR) is 72.2 cm³/mol. The second kappa shape index (κ2) is 7.33. The van der Waals surface area contributed by atoms with Crippen LogP contribution < -0.4 is 0 Å². The van der Waals surface area contributed by atoms with Crippen LogP contribution in [0.25, 0.3) is 5.69 Å². The molecule has 0 spiro atoms. The molecule has 0 unspecified atom stereocenters. The summed E-state index contributed by atoms with van der Waals surface area (Å²) in [6.07, 6.45) is 3.16. The van der Waals surface area contributed by atoms with Gasteiger partial charge in [-0.1, -0.05) is 26.0 Å². The van der Waals surface area contributed by atoms with Gasteiger partial charge in [0.05, 0.1) is 24.9 Å². The van der Waals surface area contributed by atoms with Gasteiger partial charge in [-0.3, -0.25) is 4.79 Å². The van der Waals surface area contributed by atoms with Crippen LogP contribution in [0.3, 0.4) is 0 Å². The predicted octanol–water partition coefficient (Wildman–Crippen LogP) is 2.02. The molecule has 102 valence electrons. The Bertz CT molecular complexity index is 535. The molecule has 1 heterocycles. The zero-order chi connectivity index (χ0) is 14.3. The highest BCUT2D eigenvalue weighted by molar-refractivity contribution is 5.69. The monoisotopic (exact) mass is 262 g/mol. The number of hydrogen-bond donors (Lipinski definition) is 2. The molecule has 1 aromatic carbocycles. The van der Waals surface area contributed by atoms with Crippen molar-refractivity contribution in [2.45, 2.75) is 26.9 Å². The van der Waals surface area contributed by atoms with Crippen molar-refractivity contribution < 1.29 is 15.0 Å².